The van der Waals surface area contributed by atoms with Gasteiger partial charge in [0.2, 0.25) is 11.8 Å². The van der Waals surface area contributed by atoms with Crippen LogP contribution in [0.25, 0.3) is 0 Å². The number of anilines is 1. The van der Waals surface area contributed by atoms with E-state index in [-0.39, 0.29) is 41.1 Å². The Morgan fingerprint density at radius 3 is 2.24 bits per heavy atom. The molecular weight excluding hydrogens is 569 g/mol. The van der Waals surface area contributed by atoms with Crippen molar-refractivity contribution >= 4 is 39.1 Å². The maximum absolute atomic E-state index is 14.7. The van der Waals surface area contributed by atoms with Crippen LogP contribution in [-0.2, 0) is 26.2 Å². The first-order chi connectivity index (χ1) is 19.5. The zero-order valence-electron chi connectivity index (χ0n) is 23.5. The average Bonchev–Trinajstić information content (AvgIpc) is 2.95. The van der Waals surface area contributed by atoms with E-state index in [2.05, 4.69) is 5.32 Å². The summed E-state index contributed by atoms with van der Waals surface area (Å²) in [6.07, 6.45) is 0.668. The second kappa shape index (κ2) is 14.3. The third kappa shape index (κ3) is 7.98. The number of hydrogen-bond acceptors (Lipinski definition) is 5. The Labute approximate surface area is 246 Å². The van der Waals surface area contributed by atoms with Crippen LogP contribution < -0.4 is 14.4 Å². The zero-order valence-corrected chi connectivity index (χ0v) is 25.1. The summed E-state index contributed by atoms with van der Waals surface area (Å²) in [5.74, 6) is -1.44. The number of carbonyl (C=O) groups excluding carboxylic acids is 2. The van der Waals surface area contributed by atoms with Gasteiger partial charge in [0.1, 0.15) is 24.2 Å². The highest BCUT2D eigenvalue weighted by molar-refractivity contribution is 7.92. The number of halogens is 2. The highest BCUT2D eigenvalue weighted by atomic mass is 35.5. The first kappa shape index (κ1) is 31.9. The number of ether oxygens (including phenoxy) is 1. The number of nitrogens with zero attached hydrogens (tertiary/aromatic N) is 2. The Morgan fingerprint density at radius 2 is 1.61 bits per heavy atom. The normalized spacial score (nSPS) is 12.7. The Kier molecular flexibility index (Phi) is 11.1. The van der Waals surface area contributed by atoms with Gasteiger partial charge in [-0.05, 0) is 69.7 Å². The van der Waals surface area contributed by atoms with Gasteiger partial charge in [-0.15, -0.1) is 0 Å². The van der Waals surface area contributed by atoms with Gasteiger partial charge in [-0.2, -0.15) is 0 Å². The van der Waals surface area contributed by atoms with Gasteiger partial charge in [-0.1, -0.05) is 48.9 Å². The predicted octanol–water partition coefficient (Wildman–Crippen LogP) is 5.41. The van der Waals surface area contributed by atoms with Crippen molar-refractivity contribution in [1.82, 2.24) is 10.2 Å². The van der Waals surface area contributed by atoms with Crippen molar-refractivity contribution in [2.45, 2.75) is 57.6 Å². The minimum Gasteiger partial charge on any atom is -0.492 e. The molecule has 0 unspecified atom stereocenters. The Hall–Kier alpha value is -3.63. The summed E-state index contributed by atoms with van der Waals surface area (Å²) in [4.78, 5) is 28.2. The summed E-state index contributed by atoms with van der Waals surface area (Å²) < 4.78 is 49.3. The van der Waals surface area contributed by atoms with E-state index in [1.54, 1.807) is 31.2 Å². The molecule has 8 nitrogen and oxygen atoms in total. The standard InChI is InChI=1S/C30H35ClFN3O5S/c1-5-21(3)33-30(37)22(4)34(19-23-11-7-8-12-26(23)32)29(36)20-35(27-13-9-10-14-28(27)40-6-2)41(38,39)25-17-15-24(31)16-18-25/h7-18,21-22H,5-6,19-20H2,1-4H3,(H,33,37)/t21-,22+/m0/s1. The van der Waals surface area contributed by atoms with E-state index in [9.17, 15) is 22.4 Å². The van der Waals surface area contributed by atoms with E-state index in [0.717, 1.165) is 4.31 Å². The van der Waals surface area contributed by atoms with Crippen molar-refractivity contribution in [2.24, 2.45) is 0 Å². The molecule has 220 valence electrons. The number of rotatable bonds is 13. The molecule has 0 saturated carbocycles. The third-order valence-electron chi connectivity index (χ3n) is 6.58. The second-order valence-corrected chi connectivity index (χ2v) is 11.8. The summed E-state index contributed by atoms with van der Waals surface area (Å²) in [5.41, 5.74) is 0.325. The lowest BCUT2D eigenvalue weighted by molar-refractivity contribution is -0.139. The number of para-hydroxylation sites is 2. The molecule has 0 fully saturated rings. The van der Waals surface area contributed by atoms with Crippen LogP contribution in [0.4, 0.5) is 10.1 Å². The lowest BCUT2D eigenvalue weighted by Crippen LogP contribution is -2.52. The van der Waals surface area contributed by atoms with Crippen molar-refractivity contribution in [3.05, 3.63) is 89.2 Å². The molecule has 3 aromatic carbocycles. The molecule has 0 aliphatic rings. The molecule has 0 saturated heterocycles. The Morgan fingerprint density at radius 1 is 0.976 bits per heavy atom. The summed E-state index contributed by atoms with van der Waals surface area (Å²) >= 11 is 5.99. The van der Waals surface area contributed by atoms with Crippen LogP contribution in [0.15, 0.2) is 77.7 Å². The highest BCUT2D eigenvalue weighted by Crippen LogP contribution is 2.33. The Bertz CT molecular complexity index is 1450. The van der Waals surface area contributed by atoms with Crippen LogP contribution in [-0.4, -0.2) is 50.4 Å². The number of nitrogens with one attached hydrogen (secondary N) is 1. The molecule has 0 radical (unpaired) electrons. The second-order valence-electron chi connectivity index (χ2n) is 9.47. The van der Waals surface area contributed by atoms with E-state index < -0.39 is 40.2 Å². The number of amides is 2. The van der Waals surface area contributed by atoms with Gasteiger partial charge < -0.3 is 15.0 Å². The van der Waals surface area contributed by atoms with E-state index >= 15 is 0 Å². The number of benzene rings is 3. The van der Waals surface area contributed by atoms with E-state index in [1.807, 2.05) is 13.8 Å². The molecule has 1 N–H and O–H groups in total. The summed E-state index contributed by atoms with van der Waals surface area (Å²) in [7, 11) is -4.32. The van der Waals surface area contributed by atoms with Crippen molar-refractivity contribution < 1.29 is 27.1 Å². The van der Waals surface area contributed by atoms with Crippen molar-refractivity contribution in [3.63, 3.8) is 0 Å². The maximum atomic E-state index is 14.7. The van der Waals surface area contributed by atoms with Gasteiger partial charge in [0.15, 0.2) is 0 Å². The van der Waals surface area contributed by atoms with E-state index in [4.69, 9.17) is 16.3 Å². The summed E-state index contributed by atoms with van der Waals surface area (Å²) in [6, 6.07) is 16.8. The molecule has 41 heavy (non-hydrogen) atoms. The molecule has 0 spiro atoms. The summed E-state index contributed by atoms with van der Waals surface area (Å²) in [6.45, 7) is 6.36. The fraction of sp³-hybridized carbons (Fsp3) is 0.333. The van der Waals surface area contributed by atoms with Gasteiger partial charge in [-0.25, -0.2) is 12.8 Å². The molecule has 0 bridgehead atoms. The number of carbonyl (C=O) groups is 2. The van der Waals surface area contributed by atoms with Crippen LogP contribution in [0.2, 0.25) is 5.02 Å². The molecule has 0 heterocycles. The minimum absolute atomic E-state index is 0.0933. The Balaban J connectivity index is 2.09. The van der Waals surface area contributed by atoms with Crippen LogP contribution in [0.1, 0.15) is 39.7 Å². The smallest absolute Gasteiger partial charge is 0.264 e. The molecule has 3 aromatic rings. The molecule has 0 aliphatic heterocycles. The quantitative estimate of drug-likeness (QED) is 0.282. The van der Waals surface area contributed by atoms with Gasteiger partial charge in [-0.3, -0.25) is 13.9 Å². The fourth-order valence-electron chi connectivity index (χ4n) is 4.05. The largest absolute Gasteiger partial charge is 0.492 e. The average molecular weight is 604 g/mol. The number of sulfonamides is 1. The highest BCUT2D eigenvalue weighted by Gasteiger charge is 2.34. The topological polar surface area (TPSA) is 96.0 Å². The molecule has 0 aliphatic carbocycles. The maximum Gasteiger partial charge on any atom is 0.264 e. The van der Waals surface area contributed by atoms with Gasteiger partial charge >= 0.3 is 0 Å². The van der Waals surface area contributed by atoms with Crippen LogP contribution in [0.5, 0.6) is 5.75 Å². The zero-order chi connectivity index (χ0) is 30.2. The van der Waals surface area contributed by atoms with Crippen molar-refractivity contribution in [3.8, 4) is 5.75 Å². The SMILES string of the molecule is CCOc1ccccc1N(CC(=O)N(Cc1ccccc1F)[C@H](C)C(=O)N[C@@H](C)CC)S(=O)(=O)c1ccc(Cl)cc1. The first-order valence-corrected chi connectivity index (χ1v) is 15.1. The van der Waals surface area contributed by atoms with Crippen LogP contribution >= 0.6 is 11.6 Å². The van der Waals surface area contributed by atoms with Crippen molar-refractivity contribution in [2.75, 3.05) is 17.5 Å². The molecule has 3 rings (SSSR count). The van der Waals surface area contributed by atoms with Crippen LogP contribution in [0.3, 0.4) is 0 Å². The minimum atomic E-state index is -4.32. The lowest BCUT2D eigenvalue weighted by Gasteiger charge is -2.33. The first-order valence-electron chi connectivity index (χ1n) is 13.3. The third-order valence-corrected chi connectivity index (χ3v) is 8.61. The van der Waals surface area contributed by atoms with E-state index in [0.29, 0.717) is 11.4 Å². The summed E-state index contributed by atoms with van der Waals surface area (Å²) in [5, 5.41) is 3.19. The van der Waals surface area contributed by atoms with Gasteiger partial charge in [0.05, 0.1) is 17.2 Å². The molecule has 11 heteroatoms. The molecule has 2 amide bonds. The molecule has 2 atom stereocenters. The molecule has 0 aromatic heterocycles. The monoisotopic (exact) mass is 603 g/mol. The lowest BCUT2D eigenvalue weighted by atomic mass is 10.1. The van der Waals surface area contributed by atoms with Crippen LogP contribution in [0, 0.1) is 5.82 Å². The predicted molar refractivity (Wildman–Crippen MR) is 158 cm³/mol. The fourth-order valence-corrected chi connectivity index (χ4v) is 5.60. The van der Waals surface area contributed by atoms with Crippen molar-refractivity contribution in [1.29, 1.82) is 0 Å². The molecular formula is C30H35ClFN3O5S. The van der Waals surface area contributed by atoms with E-state index in [1.165, 1.54) is 60.4 Å². The number of hydrogen-bond donors (Lipinski definition) is 1. The van der Waals surface area contributed by atoms with Gasteiger partial charge in [0.25, 0.3) is 10.0 Å². The van der Waals surface area contributed by atoms with Gasteiger partial charge in [0, 0.05) is 23.2 Å².